The molecular weight excluding hydrogens is 510 g/mol. The predicted octanol–water partition coefficient (Wildman–Crippen LogP) is 4.16. The van der Waals surface area contributed by atoms with Crippen LogP contribution in [0, 0.1) is 5.92 Å². The van der Waals surface area contributed by atoms with Crippen LogP contribution in [0.2, 0.25) is 0 Å². The van der Waals surface area contributed by atoms with Gasteiger partial charge in [-0.2, -0.15) is 0 Å². The van der Waals surface area contributed by atoms with Crippen molar-refractivity contribution in [1.29, 1.82) is 0 Å². The van der Waals surface area contributed by atoms with Crippen LogP contribution < -0.4 is 15.0 Å². The zero-order valence-corrected chi connectivity index (χ0v) is 23.0. The number of benzene rings is 3. The monoisotopic (exact) mass is 543 g/mol. The molecule has 0 aliphatic rings. The number of esters is 1. The van der Waals surface area contributed by atoms with Crippen molar-refractivity contribution in [1.82, 2.24) is 20.3 Å². The van der Waals surface area contributed by atoms with E-state index in [4.69, 9.17) is 9.47 Å². The van der Waals surface area contributed by atoms with E-state index in [0.717, 1.165) is 6.42 Å². The van der Waals surface area contributed by atoms with E-state index in [1.165, 1.54) is 16.7 Å². The van der Waals surface area contributed by atoms with Gasteiger partial charge in [0.2, 0.25) is 11.8 Å². The van der Waals surface area contributed by atoms with Gasteiger partial charge >= 0.3 is 5.97 Å². The Bertz CT molecular complexity index is 1480. The number of hydrogen-bond donors (Lipinski definition) is 1. The fourth-order valence-electron chi connectivity index (χ4n) is 4.36. The van der Waals surface area contributed by atoms with Crippen LogP contribution in [0.25, 0.3) is 11.0 Å². The number of aromatic nitrogens is 3. The standard InChI is InChI=1S/C30H33N5O5/c1-20(2)16-17-31-29(37)28(21-12-14-24(39-3)15-13-21)35(23-9-7-8-22(18-23)30(38)40-4)27(36)19-34-26-11-6-5-10-25(26)32-33-34/h5-15,18,20,28H,16-17,19H2,1-4H3,(H,31,37). The molecule has 1 heterocycles. The maximum absolute atomic E-state index is 14.1. The van der Waals surface area contributed by atoms with E-state index in [-0.39, 0.29) is 18.0 Å². The minimum absolute atomic E-state index is 0.186. The van der Waals surface area contributed by atoms with E-state index >= 15 is 0 Å². The fourth-order valence-corrected chi connectivity index (χ4v) is 4.36. The summed E-state index contributed by atoms with van der Waals surface area (Å²) in [5.74, 6) is -0.334. The number of amides is 2. The van der Waals surface area contributed by atoms with Crippen LogP contribution in [0.5, 0.6) is 5.75 Å². The van der Waals surface area contributed by atoms with Crippen LogP contribution in [-0.4, -0.2) is 53.5 Å². The molecule has 0 fully saturated rings. The lowest BCUT2D eigenvalue weighted by Crippen LogP contribution is -2.45. The van der Waals surface area contributed by atoms with Gasteiger partial charge in [-0.1, -0.05) is 49.4 Å². The molecule has 40 heavy (non-hydrogen) atoms. The lowest BCUT2D eigenvalue weighted by molar-refractivity contribution is -0.127. The smallest absolute Gasteiger partial charge is 0.337 e. The van der Waals surface area contributed by atoms with E-state index in [2.05, 4.69) is 29.5 Å². The number of ether oxygens (including phenoxy) is 2. The van der Waals surface area contributed by atoms with Crippen LogP contribution >= 0.6 is 0 Å². The Morgan fingerprint density at radius 2 is 1.73 bits per heavy atom. The van der Waals surface area contributed by atoms with Crippen molar-refractivity contribution in [2.75, 3.05) is 25.7 Å². The zero-order valence-electron chi connectivity index (χ0n) is 23.0. The number of hydrogen-bond acceptors (Lipinski definition) is 7. The van der Waals surface area contributed by atoms with Gasteiger partial charge in [-0.15, -0.1) is 5.10 Å². The number of fused-ring (bicyclic) bond motifs is 1. The van der Waals surface area contributed by atoms with E-state index in [9.17, 15) is 14.4 Å². The minimum atomic E-state index is -1.05. The summed E-state index contributed by atoms with van der Waals surface area (Å²) in [6.07, 6.45) is 0.776. The third-order valence-electron chi connectivity index (χ3n) is 6.48. The molecule has 1 atom stereocenters. The highest BCUT2D eigenvalue weighted by molar-refractivity contribution is 6.02. The summed E-state index contributed by atoms with van der Waals surface area (Å²) >= 11 is 0. The average Bonchev–Trinajstić information content (AvgIpc) is 3.37. The van der Waals surface area contributed by atoms with Crippen LogP contribution in [0.4, 0.5) is 5.69 Å². The summed E-state index contributed by atoms with van der Waals surface area (Å²) < 4.78 is 11.7. The molecule has 1 unspecified atom stereocenters. The van der Waals surface area contributed by atoms with Gasteiger partial charge in [-0.05, 0) is 60.4 Å². The van der Waals surface area contributed by atoms with Gasteiger partial charge in [0.05, 0.1) is 25.3 Å². The Labute approximate surface area is 232 Å². The number of carbonyl (C=O) groups excluding carboxylic acids is 3. The molecule has 4 rings (SSSR count). The lowest BCUT2D eigenvalue weighted by atomic mass is 10.0. The van der Waals surface area contributed by atoms with Crippen molar-refractivity contribution in [2.45, 2.75) is 32.9 Å². The van der Waals surface area contributed by atoms with E-state index in [1.54, 1.807) is 55.6 Å². The summed E-state index contributed by atoms with van der Waals surface area (Å²) in [7, 11) is 2.85. The Hall–Kier alpha value is -4.73. The van der Waals surface area contributed by atoms with Crippen LogP contribution in [0.3, 0.4) is 0 Å². The first kappa shape index (κ1) is 28.3. The molecule has 0 spiro atoms. The van der Waals surface area contributed by atoms with Gasteiger partial charge in [0.15, 0.2) is 0 Å². The van der Waals surface area contributed by atoms with Crippen molar-refractivity contribution in [3.63, 3.8) is 0 Å². The molecule has 0 radical (unpaired) electrons. The maximum Gasteiger partial charge on any atom is 0.337 e. The molecule has 0 aliphatic carbocycles. The Morgan fingerprint density at radius 3 is 2.42 bits per heavy atom. The summed E-state index contributed by atoms with van der Waals surface area (Å²) in [5, 5.41) is 11.3. The molecule has 0 bridgehead atoms. The second kappa shape index (κ2) is 12.9. The first-order valence-electron chi connectivity index (χ1n) is 13.0. The number of anilines is 1. The van der Waals surface area contributed by atoms with E-state index in [0.29, 0.717) is 40.5 Å². The van der Waals surface area contributed by atoms with Crippen molar-refractivity contribution < 1.29 is 23.9 Å². The molecule has 208 valence electrons. The minimum Gasteiger partial charge on any atom is -0.497 e. The van der Waals surface area contributed by atoms with Gasteiger partial charge < -0.3 is 14.8 Å². The first-order valence-corrected chi connectivity index (χ1v) is 13.0. The Balaban J connectivity index is 1.81. The van der Waals surface area contributed by atoms with Crippen molar-refractivity contribution in [3.8, 4) is 5.75 Å². The normalized spacial score (nSPS) is 11.7. The highest BCUT2D eigenvalue weighted by atomic mass is 16.5. The highest BCUT2D eigenvalue weighted by Gasteiger charge is 2.33. The number of para-hydroxylation sites is 1. The highest BCUT2D eigenvalue weighted by Crippen LogP contribution is 2.31. The third-order valence-corrected chi connectivity index (χ3v) is 6.48. The lowest BCUT2D eigenvalue weighted by Gasteiger charge is -2.32. The zero-order chi connectivity index (χ0) is 28.6. The number of carbonyl (C=O) groups is 3. The molecule has 3 aromatic carbocycles. The molecule has 1 aromatic heterocycles. The Morgan fingerprint density at radius 1 is 0.975 bits per heavy atom. The molecule has 0 saturated carbocycles. The van der Waals surface area contributed by atoms with E-state index in [1.807, 2.05) is 24.3 Å². The quantitative estimate of drug-likeness (QED) is 0.282. The molecule has 4 aromatic rings. The SMILES string of the molecule is COC(=O)c1cccc(N(C(=O)Cn2nnc3ccccc32)C(C(=O)NCCC(C)C)c2ccc(OC)cc2)c1. The molecular formula is C30H33N5O5. The van der Waals surface area contributed by atoms with Gasteiger partial charge in [0.1, 0.15) is 23.9 Å². The maximum atomic E-state index is 14.1. The van der Waals surface area contributed by atoms with Gasteiger partial charge in [0, 0.05) is 12.2 Å². The van der Waals surface area contributed by atoms with Crippen molar-refractivity contribution >= 4 is 34.5 Å². The molecule has 0 aliphatic heterocycles. The van der Waals surface area contributed by atoms with Gasteiger partial charge in [0.25, 0.3) is 0 Å². The van der Waals surface area contributed by atoms with Crippen LogP contribution in [0.15, 0.2) is 72.8 Å². The molecule has 2 amide bonds. The first-order chi connectivity index (χ1) is 19.3. The van der Waals surface area contributed by atoms with Crippen molar-refractivity contribution in [2.24, 2.45) is 5.92 Å². The largest absolute Gasteiger partial charge is 0.497 e. The second-order valence-corrected chi connectivity index (χ2v) is 9.69. The number of rotatable bonds is 11. The number of nitrogens with zero attached hydrogens (tertiary/aromatic N) is 4. The summed E-state index contributed by atoms with van der Waals surface area (Å²) in [6, 6.07) is 19.7. The number of nitrogens with one attached hydrogen (secondary N) is 1. The van der Waals surface area contributed by atoms with Crippen LogP contribution in [0.1, 0.15) is 42.2 Å². The van der Waals surface area contributed by atoms with Gasteiger partial charge in [-0.25, -0.2) is 9.48 Å². The van der Waals surface area contributed by atoms with Crippen molar-refractivity contribution in [3.05, 3.63) is 83.9 Å². The summed E-state index contributed by atoms with van der Waals surface area (Å²) in [6.45, 7) is 4.41. The molecule has 10 nitrogen and oxygen atoms in total. The summed E-state index contributed by atoms with van der Waals surface area (Å²) in [5.41, 5.74) is 2.51. The predicted molar refractivity (Wildman–Crippen MR) is 151 cm³/mol. The second-order valence-electron chi connectivity index (χ2n) is 9.69. The third kappa shape index (κ3) is 6.45. The molecule has 1 N–H and O–H groups in total. The Kier molecular flexibility index (Phi) is 9.11. The molecule has 10 heteroatoms. The topological polar surface area (TPSA) is 116 Å². The fraction of sp³-hybridized carbons (Fsp3) is 0.300. The average molecular weight is 544 g/mol. The molecule has 0 saturated heterocycles. The van der Waals surface area contributed by atoms with Crippen LogP contribution in [-0.2, 0) is 20.9 Å². The van der Waals surface area contributed by atoms with E-state index < -0.39 is 17.9 Å². The summed E-state index contributed by atoms with van der Waals surface area (Å²) in [4.78, 5) is 41.7. The number of methoxy groups -OCH3 is 2. The van der Waals surface area contributed by atoms with Gasteiger partial charge in [-0.3, -0.25) is 14.5 Å².